The number of benzene rings is 1. The van der Waals surface area contributed by atoms with E-state index >= 15 is 0 Å². The number of anilines is 2. The second-order valence-electron chi connectivity index (χ2n) is 9.10. The highest BCUT2D eigenvalue weighted by Gasteiger charge is 2.52. The first-order chi connectivity index (χ1) is 16.1. The lowest BCUT2D eigenvalue weighted by Gasteiger charge is -2.43. The summed E-state index contributed by atoms with van der Waals surface area (Å²) in [6, 6.07) is 4.19. The van der Waals surface area contributed by atoms with Crippen molar-refractivity contribution in [2.24, 2.45) is 5.92 Å². The van der Waals surface area contributed by atoms with Crippen LogP contribution >= 0.6 is 34.5 Å². The lowest BCUT2D eigenvalue weighted by atomic mass is 9.85. The van der Waals surface area contributed by atoms with Gasteiger partial charge in [-0.2, -0.15) is 0 Å². The number of rotatable bonds is 3. The third kappa shape index (κ3) is 3.01. The van der Waals surface area contributed by atoms with Crippen LogP contribution in [-0.4, -0.2) is 61.1 Å². The molecule has 3 fully saturated rings. The van der Waals surface area contributed by atoms with Crippen LogP contribution in [0.4, 0.5) is 11.5 Å². The monoisotopic (exact) mass is 497 g/mol. The number of likely N-dealkylation sites (N-methyl/N-ethyl adjacent to an activating group) is 1. The van der Waals surface area contributed by atoms with Gasteiger partial charge in [0.25, 0.3) is 0 Å². The van der Waals surface area contributed by atoms with Crippen molar-refractivity contribution in [3.05, 3.63) is 33.9 Å². The van der Waals surface area contributed by atoms with E-state index in [0.717, 1.165) is 64.2 Å². The molecule has 3 aromatic heterocycles. The van der Waals surface area contributed by atoms with E-state index in [2.05, 4.69) is 41.7 Å². The van der Waals surface area contributed by atoms with E-state index in [9.17, 15) is 4.79 Å². The van der Waals surface area contributed by atoms with Gasteiger partial charge in [0.2, 0.25) is 5.91 Å². The molecule has 0 saturated carbocycles. The van der Waals surface area contributed by atoms with Crippen LogP contribution in [0.15, 0.2) is 18.5 Å². The Balaban J connectivity index is 1.20. The van der Waals surface area contributed by atoms with Crippen molar-refractivity contribution in [3.63, 3.8) is 0 Å². The third-order valence-electron chi connectivity index (χ3n) is 7.24. The van der Waals surface area contributed by atoms with Crippen molar-refractivity contribution in [1.29, 1.82) is 0 Å². The second-order valence-corrected chi connectivity index (χ2v) is 11.4. The Labute approximate surface area is 202 Å². The van der Waals surface area contributed by atoms with Crippen LogP contribution in [0, 0.1) is 5.92 Å². The number of halogens is 1. The van der Waals surface area contributed by atoms with Crippen LogP contribution in [0.3, 0.4) is 0 Å². The molecule has 1 aromatic carbocycles. The van der Waals surface area contributed by atoms with Crippen LogP contribution < -0.4 is 5.32 Å². The summed E-state index contributed by atoms with van der Waals surface area (Å²) in [6.45, 7) is 1.01. The fraction of sp³-hybridized carbons (Fsp3) is 0.409. The lowest BCUT2D eigenvalue weighted by molar-refractivity contribution is -0.147. The van der Waals surface area contributed by atoms with Crippen LogP contribution in [0.2, 0.25) is 5.02 Å². The van der Waals surface area contributed by atoms with Crippen molar-refractivity contribution in [2.75, 3.05) is 18.9 Å². The molecule has 8 nitrogen and oxygen atoms in total. The summed E-state index contributed by atoms with van der Waals surface area (Å²) in [5.41, 5.74) is 2.83. The maximum atomic E-state index is 13.3. The molecule has 3 aliphatic heterocycles. The first-order valence-electron chi connectivity index (χ1n) is 11.0. The highest BCUT2D eigenvalue weighted by molar-refractivity contribution is 7.19. The molecule has 3 unspecified atom stereocenters. The number of nitrogens with zero attached hydrogens (tertiary/aromatic N) is 6. The largest absolute Gasteiger partial charge is 0.338 e. The molecule has 2 bridgehead atoms. The van der Waals surface area contributed by atoms with Gasteiger partial charge in [-0.05, 0) is 55.5 Å². The van der Waals surface area contributed by atoms with Crippen LogP contribution in [-0.2, 0) is 17.6 Å². The molecule has 33 heavy (non-hydrogen) atoms. The number of hydrogen-bond acceptors (Lipinski definition) is 9. The molecular formula is C22H20ClN7OS2. The Morgan fingerprint density at radius 1 is 1.30 bits per heavy atom. The van der Waals surface area contributed by atoms with Gasteiger partial charge < -0.3 is 10.2 Å². The summed E-state index contributed by atoms with van der Waals surface area (Å²) in [5.74, 6) is 1.14. The molecule has 3 saturated heterocycles. The Kier molecular flexibility index (Phi) is 4.43. The molecule has 1 amide bonds. The Morgan fingerprint density at radius 2 is 2.21 bits per heavy atom. The van der Waals surface area contributed by atoms with Gasteiger partial charge >= 0.3 is 0 Å². The predicted octanol–water partition coefficient (Wildman–Crippen LogP) is 4.07. The van der Waals surface area contributed by atoms with E-state index in [0.29, 0.717) is 23.1 Å². The minimum Gasteiger partial charge on any atom is -0.338 e. The minimum atomic E-state index is 0.0578. The molecule has 8 rings (SSSR count). The van der Waals surface area contributed by atoms with Gasteiger partial charge in [-0.3, -0.25) is 9.69 Å². The highest BCUT2D eigenvalue weighted by atomic mass is 35.5. The van der Waals surface area contributed by atoms with E-state index in [1.165, 1.54) is 22.0 Å². The normalized spacial score (nSPS) is 24.3. The summed E-state index contributed by atoms with van der Waals surface area (Å²) in [6.07, 6.45) is 5.53. The first kappa shape index (κ1) is 20.0. The number of amides is 1. The quantitative estimate of drug-likeness (QED) is 0.456. The molecule has 3 atom stereocenters. The Hall–Kier alpha value is -2.40. The van der Waals surface area contributed by atoms with Crippen molar-refractivity contribution < 1.29 is 4.79 Å². The van der Waals surface area contributed by atoms with Crippen molar-refractivity contribution in [3.8, 4) is 0 Å². The molecule has 1 N–H and O–H groups in total. The molecular weight excluding hydrogens is 478 g/mol. The standard InChI is InChI=1S/C22H20ClN7OS2/c1-29-8-11-5-18(29)30(11)22(31)10-2-3-12-16(4-10)32-21-19(12)20(24-9-25-21)26-14-7-17-15(6-13(14)23)27-28-33-17/h6-7,9-11,18H,2-5,8H2,1H3,(H,24,25,26). The predicted molar refractivity (Wildman–Crippen MR) is 130 cm³/mol. The molecule has 6 heterocycles. The maximum Gasteiger partial charge on any atom is 0.227 e. The summed E-state index contributed by atoms with van der Waals surface area (Å²) in [5, 5.41) is 9.13. The zero-order valence-electron chi connectivity index (χ0n) is 17.8. The number of fused-ring (bicyclic) bond motifs is 5. The molecule has 1 aliphatic carbocycles. The van der Waals surface area contributed by atoms with Gasteiger partial charge in [0.15, 0.2) is 0 Å². The van der Waals surface area contributed by atoms with Gasteiger partial charge in [0.1, 0.15) is 22.5 Å². The summed E-state index contributed by atoms with van der Waals surface area (Å²) in [7, 11) is 2.12. The fourth-order valence-corrected chi connectivity index (χ4v) is 7.62. The van der Waals surface area contributed by atoms with Crippen LogP contribution in [0.1, 0.15) is 23.3 Å². The number of thiophene rings is 1. The molecule has 0 radical (unpaired) electrons. The summed E-state index contributed by atoms with van der Waals surface area (Å²) >= 11 is 9.53. The number of hydrogen-bond donors (Lipinski definition) is 1. The summed E-state index contributed by atoms with van der Waals surface area (Å²) in [4.78, 5) is 29.0. The van der Waals surface area contributed by atoms with E-state index in [1.54, 1.807) is 17.7 Å². The molecule has 4 aliphatic rings. The van der Waals surface area contributed by atoms with Gasteiger partial charge in [0, 0.05) is 29.8 Å². The van der Waals surface area contributed by atoms with Crippen LogP contribution in [0.5, 0.6) is 0 Å². The van der Waals surface area contributed by atoms with Gasteiger partial charge in [0.05, 0.1) is 27.0 Å². The first-order valence-corrected chi connectivity index (χ1v) is 13.0. The number of aryl methyl sites for hydroxylation is 1. The average molecular weight is 498 g/mol. The fourth-order valence-electron chi connectivity index (χ4n) is 5.56. The number of carbonyl (C=O) groups excluding carboxylic acids is 1. The SMILES string of the molecule is CN1CC2CC1N2C(=O)C1CCc2c(sc3ncnc(Nc4cc5snnc5cc4Cl)c23)C1. The third-order valence-corrected chi connectivity index (χ3v) is 9.41. The average Bonchev–Trinajstić information content (AvgIpc) is 3.54. The van der Waals surface area contributed by atoms with Gasteiger partial charge in [-0.15, -0.1) is 16.4 Å². The number of carbonyl (C=O) groups is 1. The number of nitrogens with one attached hydrogen (secondary N) is 1. The van der Waals surface area contributed by atoms with Crippen LogP contribution in [0.25, 0.3) is 20.4 Å². The lowest BCUT2D eigenvalue weighted by Crippen LogP contribution is -2.56. The summed E-state index contributed by atoms with van der Waals surface area (Å²) < 4.78 is 4.96. The molecule has 168 valence electrons. The highest BCUT2D eigenvalue weighted by Crippen LogP contribution is 2.44. The van der Waals surface area contributed by atoms with Crippen molar-refractivity contribution in [1.82, 2.24) is 29.4 Å². The second kappa shape index (κ2) is 7.30. The topological polar surface area (TPSA) is 87.1 Å². The molecule has 4 aromatic rings. The number of aromatic nitrogens is 4. The zero-order chi connectivity index (χ0) is 22.3. The van der Waals surface area contributed by atoms with E-state index in [-0.39, 0.29) is 5.92 Å². The Morgan fingerprint density at radius 3 is 3.03 bits per heavy atom. The maximum absolute atomic E-state index is 13.3. The van der Waals surface area contributed by atoms with Crippen molar-refractivity contribution >= 4 is 72.3 Å². The van der Waals surface area contributed by atoms with E-state index in [1.807, 2.05) is 12.1 Å². The Bertz CT molecular complexity index is 1440. The van der Waals surface area contributed by atoms with E-state index in [4.69, 9.17) is 11.6 Å². The minimum absolute atomic E-state index is 0.0578. The van der Waals surface area contributed by atoms with E-state index < -0.39 is 0 Å². The molecule has 11 heteroatoms. The zero-order valence-corrected chi connectivity index (χ0v) is 20.2. The molecule has 0 spiro atoms. The van der Waals surface area contributed by atoms with Gasteiger partial charge in [-0.1, -0.05) is 16.1 Å². The smallest absolute Gasteiger partial charge is 0.227 e. The van der Waals surface area contributed by atoms with Gasteiger partial charge in [-0.25, -0.2) is 9.97 Å². The van der Waals surface area contributed by atoms with Crippen molar-refractivity contribution in [2.45, 2.75) is 37.9 Å².